The van der Waals surface area contributed by atoms with E-state index in [0.29, 0.717) is 20.4 Å². The van der Waals surface area contributed by atoms with Crippen LogP contribution in [0.1, 0.15) is 0 Å². The van der Waals surface area contributed by atoms with Crippen LogP contribution in [-0.2, 0) is 4.79 Å². The molecule has 1 aromatic heterocycles. The van der Waals surface area contributed by atoms with Crippen molar-refractivity contribution in [1.29, 1.82) is 0 Å². The third kappa shape index (κ3) is 5.62. The number of rotatable bonds is 8. The van der Waals surface area contributed by atoms with Crippen molar-refractivity contribution in [2.24, 2.45) is 0 Å². The summed E-state index contributed by atoms with van der Waals surface area (Å²) in [5.41, 5.74) is 0.795. The first-order chi connectivity index (χ1) is 15.3. The van der Waals surface area contributed by atoms with Gasteiger partial charge in [0.05, 0.1) is 28.5 Å². The van der Waals surface area contributed by atoms with Crippen molar-refractivity contribution < 1.29 is 23.8 Å². The average Bonchev–Trinajstić information content (AvgIpc) is 2.75. The van der Waals surface area contributed by atoms with E-state index in [-0.39, 0.29) is 36.1 Å². The molecule has 4 N–H and O–H groups in total. The molecule has 0 unspecified atom stereocenters. The van der Waals surface area contributed by atoms with Gasteiger partial charge in [-0.15, -0.1) is 0 Å². The van der Waals surface area contributed by atoms with E-state index < -0.39 is 17.8 Å². The number of ether oxygens (including phenoxy) is 1. The summed E-state index contributed by atoms with van der Waals surface area (Å²) in [5.74, 6) is -0.531. The number of anilines is 3. The van der Waals surface area contributed by atoms with E-state index >= 15 is 0 Å². The molecule has 0 saturated carbocycles. The van der Waals surface area contributed by atoms with Crippen LogP contribution >= 0.6 is 27.5 Å². The van der Waals surface area contributed by atoms with Crippen LogP contribution in [0.4, 0.5) is 26.4 Å². The molecule has 9 nitrogen and oxygen atoms in total. The van der Waals surface area contributed by atoms with Crippen molar-refractivity contribution >= 4 is 67.6 Å². The van der Waals surface area contributed by atoms with Crippen molar-refractivity contribution in [3.63, 3.8) is 0 Å². The first kappa shape index (κ1) is 23.2. The monoisotopic (exact) mass is 523 g/mol. The normalized spacial score (nSPS) is 10.5. The van der Waals surface area contributed by atoms with Gasteiger partial charge in [0.15, 0.2) is 0 Å². The van der Waals surface area contributed by atoms with Crippen molar-refractivity contribution in [2.75, 3.05) is 23.8 Å². The summed E-state index contributed by atoms with van der Waals surface area (Å²) in [4.78, 5) is 30.8. The molecule has 32 heavy (non-hydrogen) atoms. The zero-order valence-corrected chi connectivity index (χ0v) is 18.6. The minimum absolute atomic E-state index is 0.00750. The molecule has 12 heteroatoms. The molecule has 0 radical (unpaired) electrons. The number of benzene rings is 2. The van der Waals surface area contributed by atoms with E-state index in [1.54, 1.807) is 12.1 Å². The highest BCUT2D eigenvalue weighted by Crippen LogP contribution is 2.35. The third-order valence-electron chi connectivity index (χ3n) is 4.08. The Hall–Kier alpha value is -3.44. The van der Waals surface area contributed by atoms with Crippen LogP contribution in [0.15, 0.2) is 47.7 Å². The van der Waals surface area contributed by atoms with E-state index in [4.69, 9.17) is 21.4 Å². The quantitative estimate of drug-likeness (QED) is 0.191. The Morgan fingerprint density at radius 1 is 1.25 bits per heavy atom. The second kappa shape index (κ2) is 10.2. The van der Waals surface area contributed by atoms with Gasteiger partial charge in [0.25, 0.3) is 0 Å². The molecule has 0 atom stereocenters. The topological polar surface area (TPSA) is 125 Å². The molecule has 1 heterocycles. The summed E-state index contributed by atoms with van der Waals surface area (Å²) in [6.07, 6.45) is 1.18. The Balaban J connectivity index is 2.00. The molecule has 0 aliphatic rings. The van der Waals surface area contributed by atoms with E-state index in [1.807, 2.05) is 0 Å². The Morgan fingerprint density at radius 2 is 2.03 bits per heavy atom. The highest BCUT2D eigenvalue weighted by molar-refractivity contribution is 9.10. The molecule has 2 aromatic carbocycles. The van der Waals surface area contributed by atoms with Crippen molar-refractivity contribution in [1.82, 2.24) is 15.3 Å². The van der Waals surface area contributed by atoms with Crippen molar-refractivity contribution in [3.8, 4) is 5.75 Å². The van der Waals surface area contributed by atoms with Gasteiger partial charge in [0, 0.05) is 15.9 Å². The van der Waals surface area contributed by atoms with Gasteiger partial charge in [-0.05, 0) is 40.2 Å². The number of nitrogens with zero attached hydrogens (tertiary/aromatic N) is 2. The van der Waals surface area contributed by atoms with Crippen LogP contribution in [0.3, 0.4) is 0 Å². The number of halogens is 3. The van der Waals surface area contributed by atoms with Gasteiger partial charge < -0.3 is 25.8 Å². The van der Waals surface area contributed by atoms with Gasteiger partial charge >= 0.3 is 6.09 Å². The number of fused-ring (bicyclic) bond motifs is 1. The predicted octanol–water partition coefficient (Wildman–Crippen LogP) is 4.70. The molecule has 0 spiro atoms. The van der Waals surface area contributed by atoms with Crippen molar-refractivity contribution in [3.05, 3.63) is 58.6 Å². The van der Waals surface area contributed by atoms with Crippen LogP contribution in [0, 0.1) is 5.82 Å². The molecule has 3 aromatic rings. The van der Waals surface area contributed by atoms with E-state index in [2.05, 4.69) is 48.4 Å². The number of hydrogen-bond donors (Lipinski definition) is 4. The van der Waals surface area contributed by atoms with Crippen LogP contribution in [0.25, 0.3) is 10.9 Å². The summed E-state index contributed by atoms with van der Waals surface area (Å²) >= 11 is 9.23. The zero-order valence-electron chi connectivity index (χ0n) is 16.3. The first-order valence-corrected chi connectivity index (χ1v) is 10.2. The maximum atomic E-state index is 14.4. The SMILES string of the molecule is C=CC(=O)Nc1cc2c(Nc3cc(Cl)c(Br)cc3F)ncnc2cc1OCCNC(=O)O. The second-order valence-corrected chi connectivity index (χ2v) is 7.49. The minimum atomic E-state index is -1.18. The van der Waals surface area contributed by atoms with Crippen LogP contribution in [-0.4, -0.2) is 40.2 Å². The standard InChI is InChI=1S/C20H16BrClFN5O4/c1-2-18(29)27-16-5-10-14(8-17(16)32-4-3-24-20(30)31)25-9-26-19(10)28-15-7-12(22)11(21)6-13(15)23/h2,5-9,24H,1,3-4H2,(H,27,29)(H,30,31)(H,25,26,28). The number of carbonyl (C=O) groups is 2. The van der Waals surface area contributed by atoms with Crippen LogP contribution in [0.2, 0.25) is 5.02 Å². The molecular weight excluding hydrogens is 509 g/mol. The molecule has 0 aliphatic carbocycles. The summed E-state index contributed by atoms with van der Waals surface area (Å²) < 4.78 is 20.4. The third-order valence-corrected chi connectivity index (χ3v) is 5.28. The largest absolute Gasteiger partial charge is 0.489 e. The molecule has 0 saturated heterocycles. The Morgan fingerprint density at radius 3 is 2.75 bits per heavy atom. The fourth-order valence-corrected chi connectivity index (χ4v) is 3.13. The molecule has 0 fully saturated rings. The average molecular weight is 525 g/mol. The fraction of sp³-hybridized carbons (Fsp3) is 0.100. The van der Waals surface area contributed by atoms with Crippen LogP contribution in [0.5, 0.6) is 5.75 Å². The number of hydrogen-bond acceptors (Lipinski definition) is 6. The first-order valence-electron chi connectivity index (χ1n) is 9.02. The molecule has 3 rings (SSSR count). The lowest BCUT2D eigenvalue weighted by Crippen LogP contribution is -2.26. The molecular formula is C20H16BrClFN5O4. The molecule has 0 aliphatic heterocycles. The van der Waals surface area contributed by atoms with Crippen molar-refractivity contribution in [2.45, 2.75) is 0 Å². The smallest absolute Gasteiger partial charge is 0.404 e. The summed E-state index contributed by atoms with van der Waals surface area (Å²) in [7, 11) is 0. The van der Waals surface area contributed by atoms with E-state index in [0.717, 1.165) is 6.08 Å². The lowest BCUT2D eigenvalue weighted by molar-refractivity contribution is -0.111. The predicted molar refractivity (Wildman–Crippen MR) is 122 cm³/mol. The number of amides is 2. The summed E-state index contributed by atoms with van der Waals surface area (Å²) in [6, 6.07) is 5.73. The highest BCUT2D eigenvalue weighted by atomic mass is 79.9. The number of carbonyl (C=O) groups excluding carboxylic acids is 1. The Labute approximate surface area is 194 Å². The molecule has 166 valence electrons. The Bertz CT molecular complexity index is 1210. The maximum absolute atomic E-state index is 14.4. The maximum Gasteiger partial charge on any atom is 0.404 e. The summed E-state index contributed by atoms with van der Waals surface area (Å²) in [5, 5.41) is 17.1. The van der Waals surface area contributed by atoms with Gasteiger partial charge in [0.1, 0.15) is 30.3 Å². The van der Waals surface area contributed by atoms with Gasteiger partial charge in [-0.3, -0.25) is 4.79 Å². The van der Waals surface area contributed by atoms with E-state index in [1.165, 1.54) is 18.5 Å². The summed E-state index contributed by atoms with van der Waals surface area (Å²) in [6.45, 7) is 3.46. The van der Waals surface area contributed by atoms with Gasteiger partial charge in [0.2, 0.25) is 5.91 Å². The Kier molecular flexibility index (Phi) is 7.44. The fourth-order valence-electron chi connectivity index (χ4n) is 2.65. The van der Waals surface area contributed by atoms with Gasteiger partial charge in [-0.1, -0.05) is 18.2 Å². The highest BCUT2D eigenvalue weighted by Gasteiger charge is 2.15. The van der Waals surface area contributed by atoms with Crippen LogP contribution < -0.4 is 20.7 Å². The second-order valence-electron chi connectivity index (χ2n) is 6.23. The molecule has 2 amide bonds. The number of carboxylic acid groups (broad SMARTS) is 1. The van der Waals surface area contributed by atoms with Gasteiger partial charge in [-0.25, -0.2) is 19.2 Å². The lowest BCUT2D eigenvalue weighted by Gasteiger charge is -2.15. The van der Waals surface area contributed by atoms with Gasteiger partial charge in [-0.2, -0.15) is 0 Å². The molecule has 0 bridgehead atoms. The lowest BCUT2D eigenvalue weighted by atomic mass is 10.1. The number of nitrogens with one attached hydrogen (secondary N) is 3. The zero-order chi connectivity index (χ0) is 23.3. The van der Waals surface area contributed by atoms with E-state index in [9.17, 15) is 14.0 Å². The minimum Gasteiger partial charge on any atom is -0.489 e. The number of aromatic nitrogens is 2.